The van der Waals surface area contributed by atoms with E-state index in [0.717, 1.165) is 5.75 Å². The van der Waals surface area contributed by atoms with Crippen LogP contribution in [0.3, 0.4) is 0 Å². The van der Waals surface area contributed by atoms with E-state index in [4.69, 9.17) is 16.0 Å². The largest absolute Gasteiger partial charge is 0.493 e. The predicted molar refractivity (Wildman–Crippen MR) is 50.4 cm³/mol. The van der Waals surface area contributed by atoms with Gasteiger partial charge in [0.25, 0.3) is 0 Å². The lowest BCUT2D eigenvalue weighted by molar-refractivity contribution is 0.328. The summed E-state index contributed by atoms with van der Waals surface area (Å²) in [5.74, 6) is 0.724. The van der Waals surface area contributed by atoms with E-state index in [1.807, 2.05) is 0 Å². The standard InChI is InChI=1S/C8H10N4O/c9-7-1-3-8(4-2-7)13-6-5-11-12-10/h1-4H,5-6,9H2. The maximum Gasteiger partial charge on any atom is 0.119 e. The summed E-state index contributed by atoms with van der Waals surface area (Å²) in [5, 5.41) is 3.34. The number of nitrogen functional groups attached to an aromatic ring is 1. The molecule has 13 heavy (non-hydrogen) atoms. The van der Waals surface area contributed by atoms with Gasteiger partial charge < -0.3 is 10.5 Å². The van der Waals surface area contributed by atoms with E-state index in [1.165, 1.54) is 0 Å². The molecule has 0 aliphatic heterocycles. The Morgan fingerprint density at radius 1 is 1.38 bits per heavy atom. The van der Waals surface area contributed by atoms with E-state index in [9.17, 15) is 0 Å². The minimum absolute atomic E-state index is 0.334. The summed E-state index contributed by atoms with van der Waals surface area (Å²) in [4.78, 5) is 2.61. The number of azide groups is 1. The van der Waals surface area contributed by atoms with Gasteiger partial charge >= 0.3 is 0 Å². The summed E-state index contributed by atoms with van der Waals surface area (Å²) >= 11 is 0. The van der Waals surface area contributed by atoms with Gasteiger partial charge in [-0.05, 0) is 29.8 Å². The van der Waals surface area contributed by atoms with Crippen molar-refractivity contribution < 1.29 is 4.74 Å². The summed E-state index contributed by atoms with van der Waals surface area (Å²) in [5.41, 5.74) is 14.2. The van der Waals surface area contributed by atoms with Gasteiger partial charge in [-0.15, -0.1) is 0 Å². The van der Waals surface area contributed by atoms with Gasteiger partial charge in [0.05, 0.1) is 13.2 Å². The molecule has 0 aliphatic rings. The molecule has 0 aliphatic carbocycles. The van der Waals surface area contributed by atoms with Crippen LogP contribution in [0.15, 0.2) is 29.4 Å². The molecule has 0 atom stereocenters. The lowest BCUT2D eigenvalue weighted by Crippen LogP contribution is -1.99. The molecule has 1 aromatic carbocycles. The van der Waals surface area contributed by atoms with Crippen LogP contribution in [-0.4, -0.2) is 13.2 Å². The summed E-state index contributed by atoms with van der Waals surface area (Å²) in [6, 6.07) is 7.04. The molecule has 68 valence electrons. The van der Waals surface area contributed by atoms with Crippen LogP contribution >= 0.6 is 0 Å². The monoisotopic (exact) mass is 178 g/mol. The fraction of sp³-hybridized carbons (Fsp3) is 0.250. The summed E-state index contributed by atoms with van der Waals surface area (Å²) < 4.78 is 5.24. The van der Waals surface area contributed by atoms with Crippen molar-refractivity contribution in [3.63, 3.8) is 0 Å². The van der Waals surface area contributed by atoms with Crippen LogP contribution in [0.5, 0.6) is 5.75 Å². The number of benzene rings is 1. The van der Waals surface area contributed by atoms with Crippen LogP contribution in [-0.2, 0) is 0 Å². The van der Waals surface area contributed by atoms with Crippen LogP contribution < -0.4 is 10.5 Å². The molecule has 0 spiro atoms. The highest BCUT2D eigenvalue weighted by Crippen LogP contribution is 2.12. The van der Waals surface area contributed by atoms with Crippen LogP contribution in [0, 0.1) is 0 Å². The Morgan fingerprint density at radius 3 is 2.69 bits per heavy atom. The first kappa shape index (κ1) is 9.22. The zero-order valence-electron chi connectivity index (χ0n) is 7.05. The molecule has 0 amide bonds. The average molecular weight is 178 g/mol. The molecular formula is C8H10N4O. The highest BCUT2D eigenvalue weighted by Gasteiger charge is 1.91. The highest BCUT2D eigenvalue weighted by molar-refractivity contribution is 5.41. The van der Waals surface area contributed by atoms with Gasteiger partial charge in [-0.3, -0.25) is 0 Å². The van der Waals surface area contributed by atoms with E-state index in [0.29, 0.717) is 18.8 Å². The fourth-order valence-electron chi connectivity index (χ4n) is 0.813. The van der Waals surface area contributed by atoms with Gasteiger partial charge in [0, 0.05) is 10.6 Å². The smallest absolute Gasteiger partial charge is 0.119 e. The molecule has 5 heteroatoms. The zero-order valence-corrected chi connectivity index (χ0v) is 7.05. The second-order valence-electron chi connectivity index (χ2n) is 2.37. The Kier molecular flexibility index (Phi) is 3.47. The third-order valence-electron chi connectivity index (χ3n) is 1.40. The van der Waals surface area contributed by atoms with Gasteiger partial charge in [-0.1, -0.05) is 5.11 Å². The number of ether oxygens (including phenoxy) is 1. The predicted octanol–water partition coefficient (Wildman–Crippen LogP) is 1.96. The molecular weight excluding hydrogens is 168 g/mol. The van der Waals surface area contributed by atoms with Crippen molar-refractivity contribution >= 4 is 5.69 Å². The molecule has 0 aromatic heterocycles. The second kappa shape index (κ2) is 4.90. The molecule has 0 fully saturated rings. The Labute approximate surface area is 75.7 Å². The fourth-order valence-corrected chi connectivity index (χ4v) is 0.813. The molecule has 0 radical (unpaired) electrons. The summed E-state index contributed by atoms with van der Waals surface area (Å²) in [7, 11) is 0. The number of hydrogen-bond donors (Lipinski definition) is 1. The molecule has 5 nitrogen and oxygen atoms in total. The first-order valence-corrected chi connectivity index (χ1v) is 3.82. The van der Waals surface area contributed by atoms with Gasteiger partial charge in [-0.2, -0.15) is 0 Å². The third-order valence-corrected chi connectivity index (χ3v) is 1.40. The number of hydrogen-bond acceptors (Lipinski definition) is 3. The number of rotatable bonds is 4. The SMILES string of the molecule is [N-]=[N+]=NCCOc1ccc(N)cc1. The van der Waals surface area contributed by atoms with Gasteiger partial charge in [0.1, 0.15) is 5.75 Å². The van der Waals surface area contributed by atoms with Crippen LogP contribution in [0.2, 0.25) is 0 Å². The van der Waals surface area contributed by atoms with Crippen molar-refractivity contribution in [1.29, 1.82) is 0 Å². The van der Waals surface area contributed by atoms with E-state index >= 15 is 0 Å². The lowest BCUT2D eigenvalue weighted by atomic mass is 10.3. The number of nitrogens with zero attached hydrogens (tertiary/aromatic N) is 3. The molecule has 0 saturated carbocycles. The molecule has 2 N–H and O–H groups in total. The second-order valence-corrected chi connectivity index (χ2v) is 2.37. The minimum Gasteiger partial charge on any atom is -0.493 e. The van der Waals surface area contributed by atoms with E-state index < -0.39 is 0 Å². The third kappa shape index (κ3) is 3.35. The van der Waals surface area contributed by atoms with Crippen LogP contribution in [0.25, 0.3) is 10.4 Å². The number of anilines is 1. The average Bonchev–Trinajstić information content (AvgIpc) is 2.15. The normalized spacial score (nSPS) is 8.92. The van der Waals surface area contributed by atoms with Gasteiger partial charge in [0.2, 0.25) is 0 Å². The Morgan fingerprint density at radius 2 is 2.08 bits per heavy atom. The van der Waals surface area contributed by atoms with Crippen LogP contribution in [0.4, 0.5) is 5.69 Å². The maximum absolute atomic E-state index is 7.99. The molecule has 0 unspecified atom stereocenters. The van der Waals surface area contributed by atoms with Crippen LogP contribution in [0.1, 0.15) is 0 Å². The van der Waals surface area contributed by atoms with E-state index in [-0.39, 0.29) is 0 Å². The first-order valence-electron chi connectivity index (χ1n) is 3.82. The van der Waals surface area contributed by atoms with Gasteiger partial charge in [-0.25, -0.2) is 0 Å². The number of nitrogens with two attached hydrogens (primary N) is 1. The van der Waals surface area contributed by atoms with E-state index in [2.05, 4.69) is 10.0 Å². The molecule has 0 heterocycles. The molecule has 1 rings (SSSR count). The zero-order chi connectivity index (χ0) is 9.52. The minimum atomic E-state index is 0.334. The van der Waals surface area contributed by atoms with Crippen molar-refractivity contribution in [2.45, 2.75) is 0 Å². The molecule has 0 saturated heterocycles. The van der Waals surface area contributed by atoms with Crippen molar-refractivity contribution in [3.05, 3.63) is 34.7 Å². The highest BCUT2D eigenvalue weighted by atomic mass is 16.5. The first-order chi connectivity index (χ1) is 6.33. The van der Waals surface area contributed by atoms with Crippen molar-refractivity contribution in [3.8, 4) is 5.75 Å². The topological polar surface area (TPSA) is 84.0 Å². The van der Waals surface area contributed by atoms with Crippen molar-refractivity contribution in [2.24, 2.45) is 5.11 Å². The summed E-state index contributed by atoms with van der Waals surface area (Å²) in [6.07, 6.45) is 0. The Balaban J connectivity index is 2.37. The molecule has 1 aromatic rings. The van der Waals surface area contributed by atoms with Gasteiger partial charge in [0.15, 0.2) is 0 Å². The summed E-state index contributed by atoms with van der Waals surface area (Å²) in [6.45, 7) is 0.717. The lowest BCUT2D eigenvalue weighted by Gasteiger charge is -2.03. The van der Waals surface area contributed by atoms with Crippen molar-refractivity contribution in [2.75, 3.05) is 18.9 Å². The Hall–Kier alpha value is -1.87. The Bertz CT molecular complexity index is 302. The van der Waals surface area contributed by atoms with E-state index in [1.54, 1.807) is 24.3 Å². The molecule has 0 bridgehead atoms. The van der Waals surface area contributed by atoms with Crippen molar-refractivity contribution in [1.82, 2.24) is 0 Å². The maximum atomic E-state index is 7.99. The quantitative estimate of drug-likeness (QED) is 0.251.